The van der Waals surface area contributed by atoms with E-state index in [0.717, 1.165) is 0 Å². The monoisotopic (exact) mass is 212 g/mol. The molecule has 2 heterocycles. The summed E-state index contributed by atoms with van der Waals surface area (Å²) in [5, 5.41) is 9.71. The first kappa shape index (κ1) is 9.97. The molecule has 1 fully saturated rings. The highest BCUT2D eigenvalue weighted by atomic mass is 16.5. The fourth-order valence-electron chi connectivity index (χ4n) is 1.69. The highest BCUT2D eigenvalue weighted by molar-refractivity contribution is 5.21. The number of hydrogen-bond donors (Lipinski definition) is 2. The van der Waals surface area contributed by atoms with Crippen molar-refractivity contribution < 1.29 is 9.84 Å². The van der Waals surface area contributed by atoms with E-state index < -0.39 is 11.2 Å². The van der Waals surface area contributed by atoms with Gasteiger partial charge >= 0.3 is 5.69 Å². The summed E-state index contributed by atoms with van der Waals surface area (Å²) >= 11 is 0. The number of aromatic nitrogens is 2. The summed E-state index contributed by atoms with van der Waals surface area (Å²) in [6.45, 7) is 2.42. The van der Waals surface area contributed by atoms with E-state index in [-0.39, 0.29) is 17.5 Å². The van der Waals surface area contributed by atoms with Crippen LogP contribution < -0.4 is 11.2 Å². The number of nitrogens with zero attached hydrogens (tertiary/aromatic N) is 1. The SMILES string of the molecule is Cc1c(O)n(C2CCOC2)c(=O)[nH]c1=O. The summed E-state index contributed by atoms with van der Waals surface area (Å²) in [5.74, 6) is -0.265. The van der Waals surface area contributed by atoms with Crippen LogP contribution in [0.3, 0.4) is 0 Å². The van der Waals surface area contributed by atoms with Crippen LogP contribution in [0, 0.1) is 6.92 Å². The van der Waals surface area contributed by atoms with E-state index in [1.54, 1.807) is 0 Å². The molecule has 0 amide bonds. The van der Waals surface area contributed by atoms with Gasteiger partial charge in [0.1, 0.15) is 0 Å². The molecule has 15 heavy (non-hydrogen) atoms. The van der Waals surface area contributed by atoms with E-state index in [9.17, 15) is 14.7 Å². The normalized spacial score (nSPS) is 20.7. The molecule has 0 radical (unpaired) electrons. The molecule has 1 saturated heterocycles. The minimum absolute atomic E-state index is 0.154. The Kier molecular flexibility index (Phi) is 2.36. The molecular weight excluding hydrogens is 200 g/mol. The number of nitrogens with one attached hydrogen (secondary N) is 1. The molecule has 2 rings (SSSR count). The number of ether oxygens (including phenoxy) is 1. The Hall–Kier alpha value is -1.56. The first-order valence-electron chi connectivity index (χ1n) is 4.73. The van der Waals surface area contributed by atoms with Crippen LogP contribution in [0.25, 0.3) is 0 Å². The quantitative estimate of drug-likeness (QED) is 0.658. The third-order valence-corrected chi connectivity index (χ3v) is 2.61. The second-order valence-corrected chi connectivity index (χ2v) is 3.60. The molecule has 1 aliphatic heterocycles. The molecule has 1 aliphatic rings. The van der Waals surface area contributed by atoms with Gasteiger partial charge in [0.2, 0.25) is 5.88 Å². The maximum absolute atomic E-state index is 11.5. The van der Waals surface area contributed by atoms with Gasteiger partial charge in [-0.05, 0) is 13.3 Å². The average molecular weight is 212 g/mol. The van der Waals surface area contributed by atoms with Crippen molar-refractivity contribution in [1.29, 1.82) is 0 Å². The second-order valence-electron chi connectivity index (χ2n) is 3.60. The van der Waals surface area contributed by atoms with Gasteiger partial charge in [0.15, 0.2) is 0 Å². The summed E-state index contributed by atoms with van der Waals surface area (Å²) in [4.78, 5) is 24.8. The number of aromatic hydroxyl groups is 1. The van der Waals surface area contributed by atoms with Gasteiger partial charge in [-0.1, -0.05) is 0 Å². The minimum atomic E-state index is -0.585. The zero-order valence-electron chi connectivity index (χ0n) is 8.32. The van der Waals surface area contributed by atoms with Crippen LogP contribution in [-0.2, 0) is 4.74 Å². The van der Waals surface area contributed by atoms with Gasteiger partial charge in [-0.25, -0.2) is 4.79 Å². The lowest BCUT2D eigenvalue weighted by Gasteiger charge is -2.14. The van der Waals surface area contributed by atoms with Crippen molar-refractivity contribution in [3.63, 3.8) is 0 Å². The number of hydrogen-bond acceptors (Lipinski definition) is 4. The lowest BCUT2D eigenvalue weighted by Crippen LogP contribution is -2.33. The Morgan fingerprint density at radius 2 is 2.27 bits per heavy atom. The fraction of sp³-hybridized carbons (Fsp3) is 0.556. The molecule has 0 spiro atoms. The molecule has 1 aromatic heterocycles. The Bertz CT molecular complexity index is 482. The topological polar surface area (TPSA) is 84.3 Å². The van der Waals surface area contributed by atoms with Crippen LogP contribution in [-0.4, -0.2) is 27.9 Å². The minimum Gasteiger partial charge on any atom is -0.494 e. The lowest BCUT2D eigenvalue weighted by atomic mass is 10.2. The van der Waals surface area contributed by atoms with E-state index >= 15 is 0 Å². The maximum atomic E-state index is 11.5. The van der Waals surface area contributed by atoms with E-state index in [0.29, 0.717) is 19.6 Å². The lowest BCUT2D eigenvalue weighted by molar-refractivity contribution is 0.183. The van der Waals surface area contributed by atoms with Gasteiger partial charge in [-0.2, -0.15) is 0 Å². The Balaban J connectivity index is 2.60. The molecule has 1 atom stereocenters. The average Bonchev–Trinajstić information content (AvgIpc) is 2.68. The van der Waals surface area contributed by atoms with Gasteiger partial charge in [0.05, 0.1) is 18.2 Å². The zero-order chi connectivity index (χ0) is 11.0. The molecule has 1 aromatic rings. The molecule has 0 saturated carbocycles. The first-order valence-corrected chi connectivity index (χ1v) is 4.73. The number of H-pyrrole nitrogens is 1. The molecule has 0 aliphatic carbocycles. The van der Waals surface area contributed by atoms with Crippen molar-refractivity contribution in [2.24, 2.45) is 0 Å². The van der Waals surface area contributed by atoms with Crippen molar-refractivity contribution in [3.8, 4) is 5.88 Å². The third kappa shape index (κ3) is 1.56. The van der Waals surface area contributed by atoms with Gasteiger partial charge < -0.3 is 9.84 Å². The van der Waals surface area contributed by atoms with E-state index in [1.807, 2.05) is 0 Å². The van der Waals surface area contributed by atoms with E-state index in [1.165, 1.54) is 11.5 Å². The molecule has 6 nitrogen and oxygen atoms in total. The van der Waals surface area contributed by atoms with Crippen molar-refractivity contribution in [2.45, 2.75) is 19.4 Å². The van der Waals surface area contributed by atoms with Crippen molar-refractivity contribution in [2.75, 3.05) is 13.2 Å². The molecular formula is C9H12N2O4. The highest BCUT2D eigenvalue weighted by Gasteiger charge is 2.23. The second kappa shape index (κ2) is 3.54. The number of rotatable bonds is 1. The van der Waals surface area contributed by atoms with Crippen LogP contribution in [0.4, 0.5) is 0 Å². The molecule has 0 aromatic carbocycles. The molecule has 82 valence electrons. The molecule has 0 bridgehead atoms. The Morgan fingerprint density at radius 1 is 1.53 bits per heavy atom. The van der Waals surface area contributed by atoms with Crippen LogP contribution in [0.1, 0.15) is 18.0 Å². The van der Waals surface area contributed by atoms with Gasteiger partial charge in [0.25, 0.3) is 5.56 Å². The fourth-order valence-corrected chi connectivity index (χ4v) is 1.69. The standard InChI is InChI=1S/C9H12N2O4/c1-5-7(12)10-9(14)11(8(5)13)6-2-3-15-4-6/h6,13H,2-4H2,1H3,(H,10,12,14). The van der Waals surface area contributed by atoms with Crippen molar-refractivity contribution in [1.82, 2.24) is 9.55 Å². The molecule has 2 N–H and O–H groups in total. The van der Waals surface area contributed by atoms with Crippen LogP contribution in [0.5, 0.6) is 5.88 Å². The van der Waals surface area contributed by atoms with Crippen LogP contribution >= 0.6 is 0 Å². The van der Waals surface area contributed by atoms with Crippen LogP contribution in [0.2, 0.25) is 0 Å². The summed E-state index contributed by atoms with van der Waals surface area (Å²) in [6.07, 6.45) is 0.666. The zero-order valence-corrected chi connectivity index (χ0v) is 8.32. The van der Waals surface area contributed by atoms with Crippen LogP contribution in [0.15, 0.2) is 9.59 Å². The third-order valence-electron chi connectivity index (χ3n) is 2.61. The predicted molar refractivity (Wildman–Crippen MR) is 52.2 cm³/mol. The molecule has 6 heteroatoms. The van der Waals surface area contributed by atoms with E-state index in [4.69, 9.17) is 4.74 Å². The van der Waals surface area contributed by atoms with Gasteiger partial charge in [-0.3, -0.25) is 14.3 Å². The van der Waals surface area contributed by atoms with E-state index in [2.05, 4.69) is 4.98 Å². The summed E-state index contributed by atoms with van der Waals surface area (Å²) in [7, 11) is 0. The van der Waals surface area contributed by atoms with Crippen molar-refractivity contribution in [3.05, 3.63) is 26.4 Å². The smallest absolute Gasteiger partial charge is 0.331 e. The van der Waals surface area contributed by atoms with Gasteiger partial charge in [0, 0.05) is 6.61 Å². The van der Waals surface area contributed by atoms with Gasteiger partial charge in [-0.15, -0.1) is 0 Å². The highest BCUT2D eigenvalue weighted by Crippen LogP contribution is 2.22. The predicted octanol–water partition coefficient (Wildman–Crippen LogP) is -0.488. The summed E-state index contributed by atoms with van der Waals surface area (Å²) < 4.78 is 6.31. The Labute approximate surface area is 85.1 Å². The summed E-state index contributed by atoms with van der Waals surface area (Å²) in [5.41, 5.74) is -0.979. The Morgan fingerprint density at radius 3 is 2.87 bits per heavy atom. The largest absolute Gasteiger partial charge is 0.494 e. The van der Waals surface area contributed by atoms with Crippen molar-refractivity contribution >= 4 is 0 Å². The molecule has 1 unspecified atom stereocenters. The summed E-state index contributed by atoms with van der Waals surface area (Å²) in [6, 6.07) is -0.187. The first-order chi connectivity index (χ1) is 7.11. The number of aromatic amines is 1. The maximum Gasteiger partial charge on any atom is 0.331 e.